The average Bonchev–Trinajstić information content (AvgIpc) is 2.98. The lowest BCUT2D eigenvalue weighted by atomic mass is 9.97. The summed E-state index contributed by atoms with van der Waals surface area (Å²) in [5.74, 6) is 1.09. The summed E-state index contributed by atoms with van der Waals surface area (Å²) in [4.78, 5) is 14.3. The zero-order chi connectivity index (χ0) is 25.0. The van der Waals surface area contributed by atoms with Crippen molar-refractivity contribution in [2.75, 3.05) is 31.1 Å². The molecule has 5 heteroatoms. The molecule has 180 valence electrons. The van der Waals surface area contributed by atoms with E-state index in [1.165, 1.54) is 16.3 Å². The third kappa shape index (κ3) is 4.80. The SMILES string of the molecule is N#Cc1cnc(-c2ccc(CN3CCN(c4nccc5ccccc45)CC3)cc2)c(-c2ccccc2)c1. The first-order chi connectivity index (χ1) is 18.3. The highest BCUT2D eigenvalue weighted by molar-refractivity contribution is 5.92. The molecule has 5 aromatic rings. The van der Waals surface area contributed by atoms with E-state index < -0.39 is 0 Å². The predicted molar refractivity (Wildman–Crippen MR) is 149 cm³/mol. The summed E-state index contributed by atoms with van der Waals surface area (Å²) < 4.78 is 0. The predicted octanol–water partition coefficient (Wildman–Crippen LogP) is 6.16. The first kappa shape index (κ1) is 22.9. The Labute approximate surface area is 217 Å². The highest BCUT2D eigenvalue weighted by atomic mass is 15.3. The molecule has 1 aliphatic rings. The molecular formula is C32H27N5. The van der Waals surface area contributed by atoms with Crippen molar-refractivity contribution in [3.63, 3.8) is 0 Å². The molecule has 0 spiro atoms. The molecule has 0 saturated carbocycles. The number of pyridine rings is 2. The molecular weight excluding hydrogens is 454 g/mol. The third-order valence-corrected chi connectivity index (χ3v) is 7.06. The van der Waals surface area contributed by atoms with Gasteiger partial charge in [-0.1, -0.05) is 78.9 Å². The number of fused-ring (bicyclic) bond motifs is 1. The molecule has 37 heavy (non-hydrogen) atoms. The summed E-state index contributed by atoms with van der Waals surface area (Å²) in [6.07, 6.45) is 3.57. The Balaban J connectivity index is 1.15. The summed E-state index contributed by atoms with van der Waals surface area (Å²) in [7, 11) is 0. The summed E-state index contributed by atoms with van der Waals surface area (Å²) in [6, 6.07) is 33.5. The van der Waals surface area contributed by atoms with E-state index in [2.05, 4.69) is 87.6 Å². The molecule has 1 fully saturated rings. The first-order valence-electron chi connectivity index (χ1n) is 12.6. The van der Waals surface area contributed by atoms with Gasteiger partial charge in [0.25, 0.3) is 0 Å². The Morgan fingerprint density at radius 3 is 2.30 bits per heavy atom. The van der Waals surface area contributed by atoms with E-state index in [0.717, 1.165) is 60.9 Å². The van der Waals surface area contributed by atoms with Gasteiger partial charge in [0.2, 0.25) is 0 Å². The van der Waals surface area contributed by atoms with Crippen molar-refractivity contribution in [3.8, 4) is 28.5 Å². The lowest BCUT2D eigenvalue weighted by Crippen LogP contribution is -2.46. The topological polar surface area (TPSA) is 56.1 Å². The number of nitrogens with zero attached hydrogens (tertiary/aromatic N) is 5. The van der Waals surface area contributed by atoms with E-state index in [9.17, 15) is 5.26 Å². The number of hydrogen-bond acceptors (Lipinski definition) is 5. The fourth-order valence-corrected chi connectivity index (χ4v) is 5.09. The molecule has 3 aromatic carbocycles. The number of benzene rings is 3. The van der Waals surface area contributed by atoms with Crippen molar-refractivity contribution in [2.45, 2.75) is 6.54 Å². The van der Waals surface area contributed by atoms with Gasteiger partial charge in [-0.25, -0.2) is 4.98 Å². The van der Waals surface area contributed by atoms with Crippen LogP contribution in [-0.4, -0.2) is 41.0 Å². The largest absolute Gasteiger partial charge is 0.354 e. The lowest BCUT2D eigenvalue weighted by molar-refractivity contribution is 0.249. The summed E-state index contributed by atoms with van der Waals surface area (Å²) in [5, 5.41) is 11.8. The van der Waals surface area contributed by atoms with Crippen LogP contribution in [0.2, 0.25) is 0 Å². The second-order valence-electron chi connectivity index (χ2n) is 9.41. The normalized spacial score (nSPS) is 14.0. The van der Waals surface area contributed by atoms with Gasteiger partial charge in [0.1, 0.15) is 11.9 Å². The van der Waals surface area contributed by atoms with E-state index in [0.29, 0.717) is 5.56 Å². The van der Waals surface area contributed by atoms with Crippen LogP contribution in [0.3, 0.4) is 0 Å². The van der Waals surface area contributed by atoms with E-state index in [-0.39, 0.29) is 0 Å². The van der Waals surface area contributed by atoms with Crippen molar-refractivity contribution >= 4 is 16.6 Å². The Kier molecular flexibility index (Phi) is 6.33. The molecule has 0 radical (unpaired) electrons. The van der Waals surface area contributed by atoms with E-state index >= 15 is 0 Å². The fraction of sp³-hybridized carbons (Fsp3) is 0.156. The molecule has 0 bridgehead atoms. The van der Waals surface area contributed by atoms with Crippen LogP contribution in [0, 0.1) is 11.3 Å². The van der Waals surface area contributed by atoms with E-state index in [1.807, 2.05) is 30.5 Å². The highest BCUT2D eigenvalue weighted by Crippen LogP contribution is 2.31. The molecule has 1 aliphatic heterocycles. The minimum Gasteiger partial charge on any atom is -0.354 e. The molecule has 0 aliphatic carbocycles. The summed E-state index contributed by atoms with van der Waals surface area (Å²) >= 11 is 0. The van der Waals surface area contributed by atoms with E-state index in [4.69, 9.17) is 4.98 Å². The van der Waals surface area contributed by atoms with Gasteiger partial charge in [0.15, 0.2) is 0 Å². The molecule has 0 N–H and O–H groups in total. The Bertz CT molecular complexity index is 1560. The number of anilines is 1. The van der Waals surface area contributed by atoms with Crippen molar-refractivity contribution in [1.82, 2.24) is 14.9 Å². The number of nitriles is 1. The lowest BCUT2D eigenvalue weighted by Gasteiger charge is -2.36. The summed E-state index contributed by atoms with van der Waals surface area (Å²) in [6.45, 7) is 4.86. The van der Waals surface area contributed by atoms with Gasteiger partial charge in [-0.05, 0) is 28.6 Å². The van der Waals surface area contributed by atoms with Gasteiger partial charge in [-0.3, -0.25) is 9.88 Å². The van der Waals surface area contributed by atoms with Crippen LogP contribution >= 0.6 is 0 Å². The molecule has 0 unspecified atom stereocenters. The molecule has 6 rings (SSSR count). The Morgan fingerprint density at radius 1 is 0.757 bits per heavy atom. The van der Waals surface area contributed by atoms with Crippen molar-refractivity contribution in [2.24, 2.45) is 0 Å². The fourth-order valence-electron chi connectivity index (χ4n) is 5.09. The van der Waals surface area contributed by atoms with Gasteiger partial charge >= 0.3 is 0 Å². The van der Waals surface area contributed by atoms with Gasteiger partial charge < -0.3 is 4.90 Å². The molecule has 0 amide bonds. The van der Waals surface area contributed by atoms with Crippen LogP contribution in [-0.2, 0) is 6.54 Å². The van der Waals surface area contributed by atoms with Crippen molar-refractivity contribution < 1.29 is 0 Å². The number of piperazine rings is 1. The van der Waals surface area contributed by atoms with E-state index in [1.54, 1.807) is 6.20 Å². The monoisotopic (exact) mass is 481 g/mol. The third-order valence-electron chi connectivity index (χ3n) is 7.06. The highest BCUT2D eigenvalue weighted by Gasteiger charge is 2.20. The van der Waals surface area contributed by atoms with Crippen molar-refractivity contribution in [3.05, 3.63) is 115 Å². The zero-order valence-corrected chi connectivity index (χ0v) is 20.6. The van der Waals surface area contributed by atoms with Crippen LogP contribution in [0.25, 0.3) is 33.2 Å². The maximum Gasteiger partial charge on any atom is 0.136 e. The Morgan fingerprint density at radius 2 is 1.51 bits per heavy atom. The van der Waals surface area contributed by atoms with Crippen LogP contribution in [0.15, 0.2) is 103 Å². The molecule has 0 atom stereocenters. The first-order valence-corrected chi connectivity index (χ1v) is 12.6. The maximum absolute atomic E-state index is 9.39. The molecule has 1 saturated heterocycles. The smallest absolute Gasteiger partial charge is 0.136 e. The molecule has 2 aromatic heterocycles. The van der Waals surface area contributed by atoms with Gasteiger partial charge in [0.05, 0.1) is 11.3 Å². The number of hydrogen-bond donors (Lipinski definition) is 0. The zero-order valence-electron chi connectivity index (χ0n) is 20.6. The molecule has 3 heterocycles. The van der Waals surface area contributed by atoms with Crippen LogP contribution in [0.4, 0.5) is 5.82 Å². The van der Waals surface area contributed by atoms with Crippen LogP contribution in [0.1, 0.15) is 11.1 Å². The van der Waals surface area contributed by atoms with Crippen LogP contribution < -0.4 is 4.90 Å². The van der Waals surface area contributed by atoms with Crippen molar-refractivity contribution in [1.29, 1.82) is 5.26 Å². The van der Waals surface area contributed by atoms with Gasteiger partial charge in [0, 0.05) is 61.6 Å². The van der Waals surface area contributed by atoms with Crippen LogP contribution in [0.5, 0.6) is 0 Å². The van der Waals surface area contributed by atoms with Gasteiger partial charge in [-0.2, -0.15) is 5.26 Å². The minimum atomic E-state index is 0.567. The standard InChI is InChI=1S/C32H27N5/c33-21-25-20-30(26-6-2-1-3-7-26)31(35-22-25)28-12-10-24(11-13-28)23-36-16-18-37(19-17-36)32-29-9-5-4-8-27(29)14-15-34-32/h1-15,20,22H,16-19,23H2. The molecule has 5 nitrogen and oxygen atoms in total. The maximum atomic E-state index is 9.39. The average molecular weight is 482 g/mol. The van der Waals surface area contributed by atoms with Gasteiger partial charge in [-0.15, -0.1) is 0 Å². The second kappa shape index (κ2) is 10.2. The number of aromatic nitrogens is 2. The quantitative estimate of drug-likeness (QED) is 0.301. The second-order valence-corrected chi connectivity index (χ2v) is 9.41. The summed E-state index contributed by atoms with van der Waals surface area (Å²) in [5.41, 5.74) is 5.84. The Hall–Kier alpha value is -4.53. The minimum absolute atomic E-state index is 0.567. The number of rotatable bonds is 5.